The fourth-order valence-corrected chi connectivity index (χ4v) is 3.29. The second-order valence-corrected chi connectivity index (χ2v) is 6.41. The number of halogens is 4. The van der Waals surface area contributed by atoms with Crippen molar-refractivity contribution in [2.45, 2.75) is 38.4 Å². The normalized spacial score (nSPS) is 16.7. The SMILES string of the molecule is CCNC(=NCCC(F)(F)F)NC1CCN(c2cccs2)CC1.I. The van der Waals surface area contributed by atoms with Crippen LogP contribution in [0.1, 0.15) is 26.2 Å². The van der Waals surface area contributed by atoms with Crippen LogP contribution in [-0.2, 0) is 0 Å². The molecule has 24 heavy (non-hydrogen) atoms. The van der Waals surface area contributed by atoms with Gasteiger partial charge in [0.2, 0.25) is 0 Å². The molecule has 0 radical (unpaired) electrons. The zero-order chi connectivity index (χ0) is 16.7. The number of hydrogen-bond donors (Lipinski definition) is 2. The highest BCUT2D eigenvalue weighted by Crippen LogP contribution is 2.24. The number of hydrogen-bond acceptors (Lipinski definition) is 3. The Morgan fingerprint density at radius 2 is 2.08 bits per heavy atom. The maximum Gasteiger partial charge on any atom is 0.390 e. The summed E-state index contributed by atoms with van der Waals surface area (Å²) < 4.78 is 36.6. The van der Waals surface area contributed by atoms with E-state index in [-0.39, 0.29) is 36.6 Å². The first-order chi connectivity index (χ1) is 11.0. The standard InChI is InChI=1S/C15H23F3N4S.HI/c1-2-19-14(20-8-7-15(16,17)18)21-12-5-9-22(10-6-12)13-4-3-11-23-13;/h3-4,11-12H,2,5-10H2,1H3,(H2,19,20,21);1H. The van der Waals surface area contributed by atoms with Gasteiger partial charge in [-0.1, -0.05) is 0 Å². The molecule has 0 amide bonds. The molecule has 0 atom stereocenters. The lowest BCUT2D eigenvalue weighted by molar-refractivity contribution is -0.132. The van der Waals surface area contributed by atoms with Crippen molar-refractivity contribution in [3.05, 3.63) is 17.5 Å². The van der Waals surface area contributed by atoms with Crippen LogP contribution in [0.3, 0.4) is 0 Å². The molecule has 0 bridgehead atoms. The van der Waals surface area contributed by atoms with Gasteiger partial charge in [-0.15, -0.1) is 35.3 Å². The van der Waals surface area contributed by atoms with Crippen molar-refractivity contribution < 1.29 is 13.2 Å². The third kappa shape index (κ3) is 7.45. The van der Waals surface area contributed by atoms with Gasteiger partial charge in [0.15, 0.2) is 5.96 Å². The number of rotatable bonds is 5. The number of thiophene rings is 1. The molecule has 1 fully saturated rings. The molecule has 0 saturated carbocycles. The molecule has 1 aromatic heterocycles. The molecule has 1 aliphatic rings. The summed E-state index contributed by atoms with van der Waals surface area (Å²) in [6, 6.07) is 4.40. The highest BCUT2D eigenvalue weighted by atomic mass is 127. The van der Waals surface area contributed by atoms with Crippen LogP contribution in [-0.4, -0.2) is 44.4 Å². The van der Waals surface area contributed by atoms with Gasteiger partial charge in [0, 0.05) is 25.7 Å². The summed E-state index contributed by atoms with van der Waals surface area (Å²) in [4.78, 5) is 6.37. The van der Waals surface area contributed by atoms with Gasteiger partial charge in [0.05, 0.1) is 18.0 Å². The Balaban J connectivity index is 0.00000288. The van der Waals surface area contributed by atoms with E-state index in [1.807, 2.05) is 13.0 Å². The summed E-state index contributed by atoms with van der Waals surface area (Å²) in [6.07, 6.45) is -3.16. The van der Waals surface area contributed by atoms with Crippen LogP contribution < -0.4 is 15.5 Å². The topological polar surface area (TPSA) is 39.7 Å². The molecular formula is C15H24F3IN4S. The monoisotopic (exact) mass is 476 g/mol. The van der Waals surface area contributed by atoms with Crippen LogP contribution in [0.4, 0.5) is 18.2 Å². The third-order valence-corrected chi connectivity index (χ3v) is 4.59. The number of piperidine rings is 1. The van der Waals surface area contributed by atoms with Crippen LogP contribution in [0.15, 0.2) is 22.5 Å². The fourth-order valence-electron chi connectivity index (χ4n) is 2.50. The van der Waals surface area contributed by atoms with Crippen molar-refractivity contribution in [1.82, 2.24) is 10.6 Å². The highest BCUT2D eigenvalue weighted by molar-refractivity contribution is 14.0. The van der Waals surface area contributed by atoms with Gasteiger partial charge in [-0.25, -0.2) is 0 Å². The lowest BCUT2D eigenvalue weighted by Gasteiger charge is -2.33. The van der Waals surface area contributed by atoms with Crippen LogP contribution in [0.5, 0.6) is 0 Å². The summed E-state index contributed by atoms with van der Waals surface area (Å²) in [5.41, 5.74) is 0. The largest absolute Gasteiger partial charge is 0.390 e. The Bertz CT molecular complexity index is 485. The summed E-state index contributed by atoms with van der Waals surface area (Å²) >= 11 is 1.73. The molecule has 2 rings (SSSR count). The zero-order valence-corrected chi connectivity index (χ0v) is 16.8. The van der Waals surface area contributed by atoms with E-state index >= 15 is 0 Å². The van der Waals surface area contributed by atoms with E-state index in [1.54, 1.807) is 11.3 Å². The fraction of sp³-hybridized carbons (Fsp3) is 0.667. The first-order valence-electron chi connectivity index (χ1n) is 7.88. The zero-order valence-electron chi connectivity index (χ0n) is 13.6. The average Bonchev–Trinajstić information content (AvgIpc) is 3.01. The molecule has 2 heterocycles. The maximum absolute atomic E-state index is 12.2. The number of alkyl halides is 3. The van der Waals surface area contributed by atoms with Crippen LogP contribution in [0.2, 0.25) is 0 Å². The van der Waals surface area contributed by atoms with Crippen molar-refractivity contribution in [3.63, 3.8) is 0 Å². The Hall–Kier alpha value is -0.710. The minimum absolute atomic E-state index is 0. The number of nitrogens with one attached hydrogen (secondary N) is 2. The molecule has 1 saturated heterocycles. The Labute approximate surface area is 161 Å². The molecule has 0 aromatic carbocycles. The predicted octanol–water partition coefficient (Wildman–Crippen LogP) is 3.84. The number of aliphatic imine (C=N–C) groups is 1. The molecule has 1 aromatic rings. The molecule has 0 aliphatic carbocycles. The summed E-state index contributed by atoms with van der Waals surface area (Å²) in [5.74, 6) is 0.478. The molecule has 0 unspecified atom stereocenters. The number of guanidine groups is 1. The van der Waals surface area contributed by atoms with E-state index in [0.29, 0.717) is 12.5 Å². The van der Waals surface area contributed by atoms with Crippen molar-refractivity contribution in [1.29, 1.82) is 0 Å². The number of nitrogens with zero attached hydrogens (tertiary/aromatic N) is 2. The average molecular weight is 476 g/mol. The summed E-state index contributed by atoms with van der Waals surface area (Å²) in [7, 11) is 0. The van der Waals surface area contributed by atoms with Crippen molar-refractivity contribution in [3.8, 4) is 0 Å². The number of anilines is 1. The Morgan fingerprint density at radius 1 is 1.38 bits per heavy atom. The van der Waals surface area contributed by atoms with Crippen LogP contribution >= 0.6 is 35.3 Å². The highest BCUT2D eigenvalue weighted by Gasteiger charge is 2.26. The van der Waals surface area contributed by atoms with Crippen LogP contribution in [0.25, 0.3) is 0 Å². The first kappa shape index (κ1) is 21.3. The third-order valence-electron chi connectivity index (χ3n) is 3.66. The van der Waals surface area contributed by atoms with Gasteiger partial charge < -0.3 is 15.5 Å². The van der Waals surface area contributed by atoms with E-state index in [0.717, 1.165) is 25.9 Å². The van der Waals surface area contributed by atoms with Gasteiger partial charge >= 0.3 is 6.18 Å². The van der Waals surface area contributed by atoms with Crippen molar-refractivity contribution in [2.24, 2.45) is 4.99 Å². The predicted molar refractivity (Wildman–Crippen MR) is 105 cm³/mol. The Morgan fingerprint density at radius 3 is 2.62 bits per heavy atom. The lowest BCUT2D eigenvalue weighted by atomic mass is 10.1. The minimum atomic E-state index is -4.16. The lowest BCUT2D eigenvalue weighted by Crippen LogP contribution is -2.48. The van der Waals surface area contributed by atoms with Gasteiger partial charge in [-0.3, -0.25) is 4.99 Å². The van der Waals surface area contributed by atoms with Crippen LogP contribution in [0, 0.1) is 0 Å². The molecule has 4 nitrogen and oxygen atoms in total. The quantitative estimate of drug-likeness (QED) is 0.386. The summed E-state index contributed by atoms with van der Waals surface area (Å²) in [6.45, 7) is 4.18. The van der Waals surface area contributed by atoms with Crippen molar-refractivity contribution >= 4 is 46.3 Å². The second kappa shape index (κ2) is 10.3. The van der Waals surface area contributed by atoms with Crippen molar-refractivity contribution in [2.75, 3.05) is 31.1 Å². The molecular weight excluding hydrogens is 452 g/mol. The first-order valence-corrected chi connectivity index (χ1v) is 8.76. The maximum atomic E-state index is 12.2. The molecule has 0 spiro atoms. The van der Waals surface area contributed by atoms with Gasteiger partial charge in [0.1, 0.15) is 0 Å². The van der Waals surface area contributed by atoms with E-state index in [1.165, 1.54) is 5.00 Å². The van der Waals surface area contributed by atoms with E-state index in [9.17, 15) is 13.2 Å². The molecule has 2 N–H and O–H groups in total. The van der Waals surface area contributed by atoms with E-state index in [2.05, 4.69) is 32.0 Å². The van der Waals surface area contributed by atoms with Gasteiger partial charge in [0.25, 0.3) is 0 Å². The molecule has 1 aliphatic heterocycles. The van der Waals surface area contributed by atoms with E-state index < -0.39 is 12.6 Å². The smallest absolute Gasteiger partial charge is 0.363 e. The Kier molecular flexibility index (Phi) is 9.17. The van der Waals surface area contributed by atoms with Gasteiger partial charge in [-0.2, -0.15) is 13.2 Å². The summed E-state index contributed by atoms with van der Waals surface area (Å²) in [5, 5.41) is 9.61. The molecule has 9 heteroatoms. The van der Waals surface area contributed by atoms with Gasteiger partial charge in [-0.05, 0) is 37.3 Å². The minimum Gasteiger partial charge on any atom is -0.363 e. The molecule has 138 valence electrons. The second-order valence-electron chi connectivity index (χ2n) is 5.48. The van der Waals surface area contributed by atoms with E-state index in [4.69, 9.17) is 0 Å².